The maximum Gasteiger partial charge on any atom is 0.0830 e. The molecule has 0 fully saturated rings. The number of aliphatic hydroxyl groups is 1. The summed E-state index contributed by atoms with van der Waals surface area (Å²) in [6.45, 7) is 0. The van der Waals surface area contributed by atoms with E-state index in [2.05, 4.69) is 0 Å². The van der Waals surface area contributed by atoms with Crippen LogP contribution in [-0.2, 0) is 6.42 Å². The number of halogens is 2. The smallest absolute Gasteiger partial charge is 0.0830 e. The van der Waals surface area contributed by atoms with Crippen molar-refractivity contribution in [2.24, 2.45) is 0 Å². The van der Waals surface area contributed by atoms with E-state index in [1.807, 2.05) is 0 Å². The lowest BCUT2D eigenvalue weighted by molar-refractivity contribution is 0.178. The van der Waals surface area contributed by atoms with Crippen LogP contribution < -0.4 is 5.73 Å². The van der Waals surface area contributed by atoms with Crippen molar-refractivity contribution < 1.29 is 5.11 Å². The van der Waals surface area contributed by atoms with Crippen LogP contribution in [0, 0.1) is 0 Å². The van der Waals surface area contributed by atoms with Gasteiger partial charge in [-0.1, -0.05) is 35.3 Å². The molecule has 0 saturated carbocycles. The van der Waals surface area contributed by atoms with E-state index in [1.54, 1.807) is 42.5 Å². The summed E-state index contributed by atoms with van der Waals surface area (Å²) >= 11 is 12.0. The maximum absolute atomic E-state index is 10.1. The largest absolute Gasteiger partial charge is 0.399 e. The van der Waals surface area contributed by atoms with Crippen LogP contribution in [0.3, 0.4) is 0 Å². The number of hydrogen-bond acceptors (Lipinski definition) is 2. The highest BCUT2D eigenvalue weighted by Crippen LogP contribution is 2.26. The summed E-state index contributed by atoms with van der Waals surface area (Å²) in [5.74, 6) is 0. The minimum atomic E-state index is -0.624. The van der Waals surface area contributed by atoms with Gasteiger partial charge in [0.2, 0.25) is 0 Å². The Bertz CT molecular complexity index is 540. The zero-order chi connectivity index (χ0) is 13.1. The van der Waals surface area contributed by atoms with Crippen molar-refractivity contribution in [1.82, 2.24) is 0 Å². The van der Waals surface area contributed by atoms with E-state index in [-0.39, 0.29) is 0 Å². The second-order valence-corrected chi connectivity index (χ2v) is 4.97. The standard InChI is InChI=1S/C14H13Cl2NO/c15-11-3-6-13(16)10(7-11)8-14(18)9-1-4-12(17)5-2-9/h1-7,14,18H,8,17H2. The predicted octanol–water partition coefficient (Wildman–Crippen LogP) is 3.85. The van der Waals surface area contributed by atoms with Gasteiger partial charge in [-0.2, -0.15) is 0 Å². The molecule has 0 aliphatic carbocycles. The number of rotatable bonds is 3. The zero-order valence-electron chi connectivity index (χ0n) is 9.61. The van der Waals surface area contributed by atoms with Crippen LogP contribution in [0.1, 0.15) is 17.2 Å². The van der Waals surface area contributed by atoms with Gasteiger partial charge in [0.25, 0.3) is 0 Å². The summed E-state index contributed by atoms with van der Waals surface area (Å²) in [4.78, 5) is 0. The van der Waals surface area contributed by atoms with Crippen LogP contribution in [-0.4, -0.2) is 5.11 Å². The third-order valence-electron chi connectivity index (χ3n) is 2.74. The third kappa shape index (κ3) is 3.16. The minimum absolute atomic E-state index is 0.420. The van der Waals surface area contributed by atoms with Crippen molar-refractivity contribution in [3.05, 3.63) is 63.6 Å². The summed E-state index contributed by atoms with van der Waals surface area (Å²) < 4.78 is 0. The monoisotopic (exact) mass is 281 g/mol. The molecule has 0 spiro atoms. The molecule has 0 aliphatic rings. The molecule has 2 aromatic rings. The topological polar surface area (TPSA) is 46.2 Å². The quantitative estimate of drug-likeness (QED) is 0.840. The van der Waals surface area contributed by atoms with Crippen molar-refractivity contribution in [2.75, 3.05) is 5.73 Å². The fourth-order valence-electron chi connectivity index (χ4n) is 1.74. The van der Waals surface area contributed by atoms with E-state index in [0.29, 0.717) is 22.2 Å². The van der Waals surface area contributed by atoms with Gasteiger partial charge in [0.1, 0.15) is 0 Å². The fourth-order valence-corrected chi connectivity index (χ4v) is 2.13. The predicted molar refractivity (Wildman–Crippen MR) is 76.0 cm³/mol. The number of anilines is 1. The van der Waals surface area contributed by atoms with Crippen LogP contribution in [0.25, 0.3) is 0 Å². The average molecular weight is 282 g/mol. The molecular weight excluding hydrogens is 269 g/mol. The number of aliphatic hydroxyl groups excluding tert-OH is 1. The first-order valence-corrected chi connectivity index (χ1v) is 6.29. The van der Waals surface area contributed by atoms with Gasteiger partial charge in [-0.15, -0.1) is 0 Å². The summed E-state index contributed by atoms with van der Waals surface area (Å²) in [5, 5.41) is 11.4. The molecule has 0 aromatic heterocycles. The molecule has 3 N–H and O–H groups in total. The normalized spacial score (nSPS) is 12.4. The van der Waals surface area contributed by atoms with Crippen molar-refractivity contribution in [1.29, 1.82) is 0 Å². The van der Waals surface area contributed by atoms with Crippen LogP contribution in [0.2, 0.25) is 10.0 Å². The first kappa shape index (κ1) is 13.2. The molecule has 1 atom stereocenters. The SMILES string of the molecule is Nc1ccc(C(O)Cc2cc(Cl)ccc2Cl)cc1. The Morgan fingerprint density at radius 1 is 1.06 bits per heavy atom. The van der Waals surface area contributed by atoms with Crippen molar-refractivity contribution in [3.63, 3.8) is 0 Å². The second-order valence-electron chi connectivity index (χ2n) is 4.12. The lowest BCUT2D eigenvalue weighted by Crippen LogP contribution is -2.02. The van der Waals surface area contributed by atoms with Crippen LogP contribution in [0.15, 0.2) is 42.5 Å². The number of hydrogen-bond donors (Lipinski definition) is 2. The molecule has 2 nitrogen and oxygen atoms in total. The zero-order valence-corrected chi connectivity index (χ0v) is 11.1. The highest BCUT2D eigenvalue weighted by Gasteiger charge is 2.11. The summed E-state index contributed by atoms with van der Waals surface area (Å²) in [7, 11) is 0. The van der Waals surface area contributed by atoms with Gasteiger partial charge in [-0.3, -0.25) is 0 Å². The van der Waals surface area contributed by atoms with E-state index in [9.17, 15) is 5.11 Å². The molecule has 2 rings (SSSR count). The Morgan fingerprint density at radius 2 is 1.72 bits per heavy atom. The van der Waals surface area contributed by atoms with Gasteiger partial charge in [-0.25, -0.2) is 0 Å². The van der Waals surface area contributed by atoms with E-state index in [1.165, 1.54) is 0 Å². The van der Waals surface area contributed by atoms with Gasteiger partial charge in [0, 0.05) is 22.2 Å². The van der Waals surface area contributed by atoms with Crippen LogP contribution in [0.4, 0.5) is 5.69 Å². The fraction of sp³-hybridized carbons (Fsp3) is 0.143. The number of nitrogens with two attached hydrogens (primary N) is 1. The molecule has 0 bridgehead atoms. The second kappa shape index (κ2) is 5.61. The first-order valence-electron chi connectivity index (χ1n) is 5.53. The number of nitrogen functional groups attached to an aromatic ring is 1. The van der Waals surface area contributed by atoms with E-state index < -0.39 is 6.10 Å². The van der Waals surface area contributed by atoms with Gasteiger partial charge < -0.3 is 10.8 Å². The maximum atomic E-state index is 10.1. The average Bonchev–Trinajstić information content (AvgIpc) is 2.34. The molecule has 18 heavy (non-hydrogen) atoms. The Hall–Kier alpha value is -1.22. The molecule has 2 aromatic carbocycles. The lowest BCUT2D eigenvalue weighted by Gasteiger charge is -2.12. The number of benzene rings is 2. The molecule has 0 saturated heterocycles. The van der Waals surface area contributed by atoms with Gasteiger partial charge in [-0.05, 0) is 41.5 Å². The van der Waals surface area contributed by atoms with Crippen molar-refractivity contribution >= 4 is 28.9 Å². The minimum Gasteiger partial charge on any atom is -0.399 e. The van der Waals surface area contributed by atoms with Gasteiger partial charge in [0.15, 0.2) is 0 Å². The Kier molecular flexibility index (Phi) is 4.12. The summed E-state index contributed by atoms with van der Waals surface area (Å²) in [5.41, 5.74) is 7.91. The molecule has 94 valence electrons. The highest BCUT2D eigenvalue weighted by molar-refractivity contribution is 6.33. The molecule has 4 heteroatoms. The first-order chi connectivity index (χ1) is 8.56. The highest BCUT2D eigenvalue weighted by atomic mass is 35.5. The Labute approximate surface area is 116 Å². The Balaban J connectivity index is 2.18. The molecule has 0 heterocycles. The van der Waals surface area contributed by atoms with E-state index in [4.69, 9.17) is 28.9 Å². The van der Waals surface area contributed by atoms with E-state index >= 15 is 0 Å². The third-order valence-corrected chi connectivity index (χ3v) is 3.35. The van der Waals surface area contributed by atoms with Gasteiger partial charge >= 0.3 is 0 Å². The molecule has 0 radical (unpaired) electrons. The molecule has 1 unspecified atom stereocenters. The molecule has 0 aliphatic heterocycles. The van der Waals surface area contributed by atoms with E-state index in [0.717, 1.165) is 11.1 Å². The van der Waals surface area contributed by atoms with Crippen molar-refractivity contribution in [3.8, 4) is 0 Å². The van der Waals surface area contributed by atoms with Gasteiger partial charge in [0.05, 0.1) is 6.10 Å². The molecule has 0 amide bonds. The summed E-state index contributed by atoms with van der Waals surface area (Å²) in [6.07, 6.45) is -0.204. The van der Waals surface area contributed by atoms with Crippen LogP contribution >= 0.6 is 23.2 Å². The lowest BCUT2D eigenvalue weighted by atomic mass is 10.0. The molecular formula is C14H13Cl2NO. The summed E-state index contributed by atoms with van der Waals surface area (Å²) in [6, 6.07) is 12.4. The van der Waals surface area contributed by atoms with Crippen molar-refractivity contribution in [2.45, 2.75) is 12.5 Å². The van der Waals surface area contributed by atoms with Crippen LogP contribution in [0.5, 0.6) is 0 Å². The Morgan fingerprint density at radius 3 is 2.39 bits per heavy atom.